The molecule has 0 amide bonds. The van der Waals surface area contributed by atoms with Crippen molar-refractivity contribution in [1.82, 2.24) is 0 Å². The molecule has 0 bridgehead atoms. The SMILES string of the molecule is CCCOC(O)(CC)Oc1c([N+](=O)[O-])ccc(C(C)(C)C)c1[N+](=O)[O-]. The van der Waals surface area contributed by atoms with Gasteiger partial charge in [0, 0.05) is 18.1 Å². The van der Waals surface area contributed by atoms with Gasteiger partial charge in [-0.05, 0) is 17.9 Å². The number of nitrogens with zero attached hydrogens (tertiary/aromatic N) is 2. The fourth-order valence-electron chi connectivity index (χ4n) is 2.22. The van der Waals surface area contributed by atoms with Gasteiger partial charge in [0.1, 0.15) is 0 Å². The van der Waals surface area contributed by atoms with E-state index >= 15 is 0 Å². The van der Waals surface area contributed by atoms with Crippen molar-refractivity contribution >= 4 is 11.4 Å². The first-order valence-electron chi connectivity index (χ1n) is 7.98. The molecule has 1 N–H and O–H groups in total. The van der Waals surface area contributed by atoms with E-state index in [-0.39, 0.29) is 18.6 Å². The predicted molar refractivity (Wildman–Crippen MR) is 90.6 cm³/mol. The van der Waals surface area contributed by atoms with E-state index in [1.54, 1.807) is 34.6 Å². The molecule has 0 radical (unpaired) electrons. The van der Waals surface area contributed by atoms with Gasteiger partial charge in [-0.1, -0.05) is 34.6 Å². The van der Waals surface area contributed by atoms with Gasteiger partial charge in [0.15, 0.2) is 0 Å². The summed E-state index contributed by atoms with van der Waals surface area (Å²) >= 11 is 0. The van der Waals surface area contributed by atoms with E-state index in [4.69, 9.17) is 9.47 Å². The zero-order chi connectivity index (χ0) is 19.4. The van der Waals surface area contributed by atoms with Crippen molar-refractivity contribution in [2.75, 3.05) is 6.61 Å². The maximum atomic E-state index is 11.6. The Balaban J connectivity index is 3.63. The first-order valence-corrected chi connectivity index (χ1v) is 7.98. The van der Waals surface area contributed by atoms with Crippen LogP contribution >= 0.6 is 0 Å². The molecule has 0 aliphatic heterocycles. The summed E-state index contributed by atoms with van der Waals surface area (Å²) in [5, 5.41) is 33.4. The van der Waals surface area contributed by atoms with Crippen LogP contribution in [0.1, 0.15) is 53.0 Å². The Morgan fingerprint density at radius 2 is 1.72 bits per heavy atom. The Kier molecular flexibility index (Phi) is 6.44. The Morgan fingerprint density at radius 1 is 1.12 bits per heavy atom. The number of rotatable bonds is 8. The molecular weight excluding hydrogens is 332 g/mol. The minimum Gasteiger partial charge on any atom is -0.425 e. The Labute approximate surface area is 145 Å². The molecule has 9 heteroatoms. The van der Waals surface area contributed by atoms with E-state index in [2.05, 4.69) is 0 Å². The van der Waals surface area contributed by atoms with E-state index in [9.17, 15) is 25.3 Å². The molecule has 0 aromatic heterocycles. The number of nitro benzene ring substituents is 2. The topological polar surface area (TPSA) is 125 Å². The molecule has 1 rings (SSSR count). The van der Waals surface area contributed by atoms with E-state index in [1.165, 1.54) is 6.07 Å². The predicted octanol–water partition coefficient (Wildman–Crippen LogP) is 3.66. The summed E-state index contributed by atoms with van der Waals surface area (Å²) in [6.07, 6.45) is 0.499. The van der Waals surface area contributed by atoms with Gasteiger partial charge in [-0.3, -0.25) is 20.2 Å². The number of ether oxygens (including phenoxy) is 2. The smallest absolute Gasteiger partial charge is 0.324 e. The Hall–Kier alpha value is -2.26. The number of hydrogen-bond acceptors (Lipinski definition) is 7. The molecule has 1 atom stereocenters. The molecule has 0 saturated heterocycles. The molecule has 1 aromatic rings. The zero-order valence-corrected chi connectivity index (χ0v) is 15.1. The number of nitro groups is 2. The van der Waals surface area contributed by atoms with Crippen molar-refractivity contribution in [2.24, 2.45) is 0 Å². The molecule has 0 fully saturated rings. The van der Waals surface area contributed by atoms with E-state index in [0.717, 1.165) is 6.07 Å². The summed E-state index contributed by atoms with van der Waals surface area (Å²) in [5.41, 5.74) is -1.56. The van der Waals surface area contributed by atoms with Gasteiger partial charge in [0.2, 0.25) is 0 Å². The highest BCUT2D eigenvalue weighted by atomic mass is 16.8. The van der Waals surface area contributed by atoms with Gasteiger partial charge in [-0.15, -0.1) is 0 Å². The molecule has 140 valence electrons. The third kappa shape index (κ3) is 4.86. The summed E-state index contributed by atoms with van der Waals surface area (Å²) in [6.45, 7) is 8.70. The molecule has 9 nitrogen and oxygen atoms in total. The maximum Gasteiger partial charge on any atom is 0.324 e. The summed E-state index contributed by atoms with van der Waals surface area (Å²) in [4.78, 5) is 21.4. The lowest BCUT2D eigenvalue weighted by molar-refractivity contribution is -0.403. The van der Waals surface area contributed by atoms with Gasteiger partial charge < -0.3 is 14.6 Å². The van der Waals surface area contributed by atoms with Crippen LogP contribution in [0, 0.1) is 20.2 Å². The Bertz CT molecular complexity index is 655. The lowest BCUT2D eigenvalue weighted by Crippen LogP contribution is -2.39. The van der Waals surface area contributed by atoms with Crippen LogP contribution in [0.3, 0.4) is 0 Å². The summed E-state index contributed by atoms with van der Waals surface area (Å²) in [5.74, 6) is -2.80. The van der Waals surface area contributed by atoms with Crippen LogP contribution in [0.4, 0.5) is 11.4 Å². The Morgan fingerprint density at radius 3 is 2.12 bits per heavy atom. The number of hydrogen-bond donors (Lipinski definition) is 1. The van der Waals surface area contributed by atoms with E-state index < -0.39 is 38.4 Å². The van der Waals surface area contributed by atoms with Crippen molar-refractivity contribution in [3.8, 4) is 5.75 Å². The fourth-order valence-corrected chi connectivity index (χ4v) is 2.22. The van der Waals surface area contributed by atoms with Gasteiger partial charge in [-0.2, -0.15) is 0 Å². The van der Waals surface area contributed by atoms with Crippen LogP contribution in [-0.2, 0) is 10.2 Å². The van der Waals surface area contributed by atoms with Gasteiger partial charge in [0.25, 0.3) is 5.75 Å². The standard InChI is InChI=1S/C16H24N2O7/c1-6-10-24-16(19,7-2)25-14-12(17(20)21)9-8-11(15(3,4)5)13(14)18(22)23/h8-9,19H,6-7,10H2,1-5H3. The lowest BCUT2D eigenvalue weighted by Gasteiger charge is -2.28. The van der Waals surface area contributed by atoms with Crippen LogP contribution in [0.15, 0.2) is 12.1 Å². The fraction of sp³-hybridized carbons (Fsp3) is 0.625. The molecule has 0 aliphatic rings. The average molecular weight is 356 g/mol. The second-order valence-corrected chi connectivity index (χ2v) is 6.59. The quantitative estimate of drug-likeness (QED) is 0.428. The second kappa shape index (κ2) is 7.75. The molecule has 0 saturated carbocycles. The second-order valence-electron chi connectivity index (χ2n) is 6.59. The van der Waals surface area contributed by atoms with Crippen molar-refractivity contribution < 1.29 is 24.4 Å². The van der Waals surface area contributed by atoms with Crippen molar-refractivity contribution in [3.63, 3.8) is 0 Å². The third-order valence-corrected chi connectivity index (χ3v) is 3.54. The van der Waals surface area contributed by atoms with Gasteiger partial charge in [-0.25, -0.2) is 0 Å². The maximum absolute atomic E-state index is 11.6. The highest BCUT2D eigenvalue weighted by Crippen LogP contribution is 2.45. The average Bonchev–Trinajstić information content (AvgIpc) is 2.51. The molecule has 0 heterocycles. The molecule has 0 spiro atoms. The normalized spacial score (nSPS) is 14.0. The first-order chi connectivity index (χ1) is 11.5. The van der Waals surface area contributed by atoms with E-state index in [0.29, 0.717) is 6.42 Å². The molecular formula is C16H24N2O7. The molecule has 0 aliphatic carbocycles. The highest BCUT2D eigenvalue weighted by molar-refractivity contribution is 5.65. The van der Waals surface area contributed by atoms with E-state index in [1.807, 2.05) is 0 Å². The summed E-state index contributed by atoms with van der Waals surface area (Å²) in [7, 11) is 0. The molecule has 1 unspecified atom stereocenters. The minimum atomic E-state index is -2.19. The summed E-state index contributed by atoms with van der Waals surface area (Å²) in [6, 6.07) is 2.47. The van der Waals surface area contributed by atoms with Gasteiger partial charge in [0.05, 0.1) is 16.5 Å². The molecule has 25 heavy (non-hydrogen) atoms. The number of benzene rings is 1. The monoisotopic (exact) mass is 356 g/mol. The van der Waals surface area contributed by atoms with Crippen LogP contribution in [0.5, 0.6) is 5.75 Å². The summed E-state index contributed by atoms with van der Waals surface area (Å²) < 4.78 is 10.5. The van der Waals surface area contributed by atoms with Gasteiger partial charge >= 0.3 is 17.3 Å². The van der Waals surface area contributed by atoms with Crippen LogP contribution in [0.25, 0.3) is 0 Å². The van der Waals surface area contributed by atoms with Crippen molar-refractivity contribution in [2.45, 2.75) is 58.8 Å². The number of aliphatic hydroxyl groups is 1. The first kappa shape index (κ1) is 20.8. The zero-order valence-electron chi connectivity index (χ0n) is 15.1. The molecule has 1 aromatic carbocycles. The van der Waals surface area contributed by atoms with Crippen LogP contribution in [-0.4, -0.2) is 27.5 Å². The van der Waals surface area contributed by atoms with Crippen molar-refractivity contribution in [3.05, 3.63) is 37.9 Å². The largest absolute Gasteiger partial charge is 0.425 e. The van der Waals surface area contributed by atoms with Crippen LogP contribution < -0.4 is 4.74 Å². The van der Waals surface area contributed by atoms with Crippen molar-refractivity contribution in [1.29, 1.82) is 0 Å². The highest BCUT2D eigenvalue weighted by Gasteiger charge is 2.40. The third-order valence-electron chi connectivity index (χ3n) is 3.54. The lowest BCUT2D eigenvalue weighted by atomic mass is 9.85. The minimum absolute atomic E-state index is 0.0684. The van der Waals surface area contributed by atoms with Crippen LogP contribution in [0.2, 0.25) is 0 Å².